The van der Waals surface area contributed by atoms with Crippen LogP contribution in [0.4, 0.5) is 4.39 Å². The molecule has 8 nitrogen and oxygen atoms in total. The molecule has 0 unspecified atom stereocenters. The van der Waals surface area contributed by atoms with Crippen LogP contribution in [0.3, 0.4) is 0 Å². The Morgan fingerprint density at radius 2 is 1.91 bits per heavy atom. The zero-order valence-electron chi connectivity index (χ0n) is 18.8. The van der Waals surface area contributed by atoms with E-state index in [0.29, 0.717) is 9.79 Å². The van der Waals surface area contributed by atoms with Crippen LogP contribution in [-0.4, -0.2) is 43.2 Å². The van der Waals surface area contributed by atoms with E-state index in [1.54, 1.807) is 23.1 Å². The molecule has 4 heterocycles. The number of nitrogens with zero attached hydrogens (tertiary/aromatic N) is 4. The Morgan fingerprint density at radius 3 is 2.62 bits per heavy atom. The third kappa shape index (κ3) is 3.90. The van der Waals surface area contributed by atoms with Gasteiger partial charge in [-0.1, -0.05) is 11.3 Å². The van der Waals surface area contributed by atoms with Crippen LogP contribution in [0.5, 0.6) is 0 Å². The van der Waals surface area contributed by atoms with Gasteiger partial charge in [0.2, 0.25) is 11.0 Å². The van der Waals surface area contributed by atoms with Crippen LogP contribution in [-0.2, 0) is 4.79 Å². The number of nitrogens with one attached hydrogen (secondary N) is 2. The summed E-state index contributed by atoms with van der Waals surface area (Å²) in [6.07, 6.45) is 5.15. The molecule has 0 aliphatic carbocycles. The molecular formula is C24H23FN6O2S. The number of amides is 1. The number of aromatic nitrogens is 4. The number of H-pyrrole nitrogens is 1. The molecule has 1 aromatic carbocycles. The highest BCUT2D eigenvalue weighted by Crippen LogP contribution is 2.21. The summed E-state index contributed by atoms with van der Waals surface area (Å²) in [4.78, 5) is 31.2. The number of benzene rings is 1. The molecule has 5 rings (SSSR count). The van der Waals surface area contributed by atoms with E-state index in [2.05, 4.69) is 10.1 Å². The number of aromatic amines is 1. The SMILES string of the molecule is Cc1cc(/C=c2/c(=O)nc3s/c(=C/C(=O)N4CCCC4)[nH]n-3c2=N)c(C)n1-c1ccc(F)cc1. The summed E-state index contributed by atoms with van der Waals surface area (Å²) >= 11 is 1.16. The zero-order chi connectivity index (χ0) is 24.0. The lowest BCUT2D eigenvalue weighted by molar-refractivity contribution is -0.123. The lowest BCUT2D eigenvalue weighted by atomic mass is 10.2. The fourth-order valence-corrected chi connectivity index (χ4v) is 5.18. The quantitative estimate of drug-likeness (QED) is 0.465. The molecule has 10 heteroatoms. The maximum Gasteiger partial charge on any atom is 0.283 e. The highest BCUT2D eigenvalue weighted by atomic mass is 32.1. The Labute approximate surface area is 197 Å². The summed E-state index contributed by atoms with van der Waals surface area (Å²) in [5.74, 6) is -0.398. The molecule has 3 aliphatic heterocycles. The van der Waals surface area contributed by atoms with Gasteiger partial charge in [0, 0.05) is 36.2 Å². The number of hydrogen-bond acceptors (Lipinski definition) is 5. The van der Waals surface area contributed by atoms with Gasteiger partial charge in [-0.2, -0.15) is 4.98 Å². The van der Waals surface area contributed by atoms with Gasteiger partial charge in [-0.25, -0.2) is 9.07 Å². The second-order valence-electron chi connectivity index (χ2n) is 8.33. The van der Waals surface area contributed by atoms with Crippen molar-refractivity contribution in [1.82, 2.24) is 24.2 Å². The van der Waals surface area contributed by atoms with E-state index in [0.717, 1.165) is 59.9 Å². The summed E-state index contributed by atoms with van der Waals surface area (Å²) in [5.41, 5.74) is 2.79. The van der Waals surface area contributed by atoms with E-state index >= 15 is 0 Å². The molecule has 0 bridgehead atoms. The van der Waals surface area contributed by atoms with Crippen molar-refractivity contribution in [3.63, 3.8) is 0 Å². The number of carbonyl (C=O) groups excluding carboxylic acids is 1. The molecule has 0 saturated carbocycles. The van der Waals surface area contributed by atoms with Crippen molar-refractivity contribution in [2.45, 2.75) is 26.7 Å². The normalized spacial score (nSPS) is 15.1. The van der Waals surface area contributed by atoms with Crippen LogP contribution < -0.4 is 20.9 Å². The zero-order valence-corrected chi connectivity index (χ0v) is 19.6. The average molecular weight is 479 g/mol. The average Bonchev–Trinajstić information content (AvgIpc) is 3.52. The molecule has 2 N–H and O–H groups in total. The first-order valence-electron chi connectivity index (χ1n) is 11.0. The highest BCUT2D eigenvalue weighted by Gasteiger charge is 2.17. The molecule has 0 radical (unpaired) electrons. The highest BCUT2D eigenvalue weighted by molar-refractivity contribution is 7.11. The van der Waals surface area contributed by atoms with Crippen LogP contribution in [0.15, 0.2) is 35.1 Å². The number of likely N-dealkylation sites (tertiary alicyclic amines) is 1. The predicted octanol–water partition coefficient (Wildman–Crippen LogP) is 1.32. The topological polar surface area (TPSA) is 99.8 Å². The molecule has 2 aromatic rings. The first-order valence-corrected chi connectivity index (χ1v) is 11.8. The van der Waals surface area contributed by atoms with E-state index in [9.17, 15) is 14.0 Å². The van der Waals surface area contributed by atoms with E-state index < -0.39 is 5.56 Å². The van der Waals surface area contributed by atoms with E-state index in [1.807, 2.05) is 24.5 Å². The molecule has 174 valence electrons. The number of carbonyl (C=O) groups is 1. The fraction of sp³-hybridized carbons (Fsp3) is 0.250. The Kier molecular flexibility index (Phi) is 5.52. The van der Waals surface area contributed by atoms with Crippen LogP contribution in [0, 0.1) is 25.1 Å². The fourth-order valence-electron chi connectivity index (χ4n) is 4.33. The van der Waals surface area contributed by atoms with Crippen molar-refractivity contribution in [1.29, 1.82) is 5.41 Å². The smallest absolute Gasteiger partial charge is 0.283 e. The monoisotopic (exact) mass is 478 g/mol. The second-order valence-corrected chi connectivity index (χ2v) is 9.34. The van der Waals surface area contributed by atoms with Gasteiger partial charge in [0.25, 0.3) is 5.56 Å². The first kappa shape index (κ1) is 22.0. The molecule has 1 fully saturated rings. The Bertz CT molecular complexity index is 1600. The third-order valence-electron chi connectivity index (χ3n) is 6.05. The summed E-state index contributed by atoms with van der Waals surface area (Å²) in [6.45, 7) is 5.32. The largest absolute Gasteiger partial charge is 0.339 e. The summed E-state index contributed by atoms with van der Waals surface area (Å²) in [5, 5.41) is 12.1. The number of rotatable bonds is 3. The number of hydrogen-bond donors (Lipinski definition) is 2. The molecular weight excluding hydrogens is 455 g/mol. The van der Waals surface area contributed by atoms with Gasteiger partial charge < -0.3 is 9.47 Å². The van der Waals surface area contributed by atoms with Gasteiger partial charge in [0.1, 0.15) is 10.5 Å². The Hall–Kier alpha value is -3.79. The van der Waals surface area contributed by atoms with Gasteiger partial charge in [-0.3, -0.25) is 20.1 Å². The lowest BCUT2D eigenvalue weighted by Gasteiger charge is -2.10. The number of fused-ring (bicyclic) bond motifs is 1. The first-order chi connectivity index (χ1) is 16.3. The van der Waals surface area contributed by atoms with Crippen molar-refractivity contribution in [3.8, 4) is 10.8 Å². The molecule has 34 heavy (non-hydrogen) atoms. The maximum absolute atomic E-state index is 13.4. The van der Waals surface area contributed by atoms with Crippen molar-refractivity contribution in [2.24, 2.45) is 0 Å². The molecule has 0 atom stereocenters. The summed E-state index contributed by atoms with van der Waals surface area (Å²) in [6, 6.07) is 8.11. The van der Waals surface area contributed by atoms with Gasteiger partial charge in [0.15, 0.2) is 5.49 Å². The van der Waals surface area contributed by atoms with Crippen LogP contribution in [0.1, 0.15) is 29.8 Å². The summed E-state index contributed by atoms with van der Waals surface area (Å²) in [7, 11) is 0. The number of halogens is 1. The van der Waals surface area contributed by atoms with Crippen molar-refractivity contribution < 1.29 is 9.18 Å². The maximum atomic E-state index is 13.4. The van der Waals surface area contributed by atoms with Crippen LogP contribution >= 0.6 is 11.3 Å². The van der Waals surface area contributed by atoms with E-state index in [1.165, 1.54) is 22.9 Å². The minimum Gasteiger partial charge on any atom is -0.339 e. The minimum absolute atomic E-state index is 0.0360. The van der Waals surface area contributed by atoms with Gasteiger partial charge >= 0.3 is 0 Å². The second kappa shape index (κ2) is 8.53. The van der Waals surface area contributed by atoms with Crippen LogP contribution in [0.25, 0.3) is 23.0 Å². The van der Waals surface area contributed by atoms with E-state index in [4.69, 9.17) is 5.41 Å². The molecule has 1 saturated heterocycles. The van der Waals surface area contributed by atoms with Gasteiger partial charge in [-0.15, -0.1) is 0 Å². The number of aryl methyl sites for hydroxylation is 1. The van der Waals surface area contributed by atoms with Crippen molar-refractivity contribution in [3.05, 3.63) is 78.8 Å². The van der Waals surface area contributed by atoms with Crippen molar-refractivity contribution in [2.75, 3.05) is 13.1 Å². The van der Waals surface area contributed by atoms with E-state index in [-0.39, 0.29) is 22.4 Å². The lowest BCUT2D eigenvalue weighted by Crippen LogP contribution is -2.47. The summed E-state index contributed by atoms with van der Waals surface area (Å²) < 4.78 is 17.3. The van der Waals surface area contributed by atoms with Crippen molar-refractivity contribution >= 4 is 29.4 Å². The molecule has 1 aromatic heterocycles. The van der Waals surface area contributed by atoms with Gasteiger partial charge in [-0.05, 0) is 68.7 Å². The van der Waals surface area contributed by atoms with Crippen LogP contribution in [0.2, 0.25) is 0 Å². The molecule has 3 aliphatic rings. The molecule has 1 amide bonds. The standard InChI is InChI=1S/C24H23FN6O2S/c1-14-11-16(15(2)30(14)18-7-5-17(25)6-8-18)12-19-22(26)31-24(27-23(19)33)34-20(28-31)13-21(32)29-9-3-4-10-29/h5-8,11-13,26,28H,3-4,9-10H2,1-2H3/b19-12+,20-13+,26-22?. The predicted molar refractivity (Wildman–Crippen MR) is 127 cm³/mol. The minimum atomic E-state index is -0.510. The molecule has 0 spiro atoms. The third-order valence-corrected chi connectivity index (χ3v) is 6.93. The Balaban J connectivity index is 1.60. The van der Waals surface area contributed by atoms with Gasteiger partial charge in [0.05, 0.1) is 5.22 Å². The Morgan fingerprint density at radius 1 is 1.21 bits per heavy atom.